The number of pyridine rings is 1. The van der Waals surface area contributed by atoms with Crippen molar-refractivity contribution < 1.29 is 4.79 Å². The van der Waals surface area contributed by atoms with Gasteiger partial charge in [0.15, 0.2) is 0 Å². The zero-order valence-electron chi connectivity index (χ0n) is 11.6. The topological polar surface area (TPSA) is 62.0 Å². The van der Waals surface area contributed by atoms with Gasteiger partial charge in [0.25, 0.3) is 0 Å². The minimum Gasteiger partial charge on any atom is -0.326 e. The molecule has 1 heterocycles. The maximum absolute atomic E-state index is 11.7. The molecule has 1 aromatic carbocycles. The van der Waals surface area contributed by atoms with E-state index < -0.39 is 0 Å². The highest BCUT2D eigenvalue weighted by molar-refractivity contribution is 5.93. The van der Waals surface area contributed by atoms with Gasteiger partial charge in [-0.3, -0.25) is 9.59 Å². The van der Waals surface area contributed by atoms with Gasteiger partial charge in [0.2, 0.25) is 11.5 Å². The number of nitrogens with one attached hydrogen (secondary N) is 2. The van der Waals surface area contributed by atoms with Crippen LogP contribution in [0.2, 0.25) is 0 Å². The molecule has 2 rings (SSSR count). The van der Waals surface area contributed by atoms with Crippen molar-refractivity contribution in [2.75, 3.05) is 5.32 Å². The molecule has 0 saturated carbocycles. The van der Waals surface area contributed by atoms with Crippen LogP contribution >= 0.6 is 0 Å². The molecular weight excluding hydrogens is 240 g/mol. The van der Waals surface area contributed by atoms with Gasteiger partial charge in [-0.25, -0.2) is 0 Å². The molecule has 0 bridgehead atoms. The molecule has 0 saturated heterocycles. The summed E-state index contributed by atoms with van der Waals surface area (Å²) in [5.74, 6) is -0.131. The Morgan fingerprint density at radius 2 is 1.89 bits per heavy atom. The van der Waals surface area contributed by atoms with Crippen LogP contribution in [0.4, 0.5) is 5.69 Å². The maximum Gasteiger partial charge on any atom is 0.248 e. The van der Waals surface area contributed by atoms with Crippen LogP contribution < -0.4 is 10.9 Å². The first-order valence-corrected chi connectivity index (χ1v) is 6.22. The summed E-state index contributed by atoms with van der Waals surface area (Å²) in [6.07, 6.45) is 0. The Morgan fingerprint density at radius 3 is 2.47 bits per heavy atom. The molecule has 1 amide bonds. The Hall–Kier alpha value is -2.10. The fraction of sp³-hybridized carbons (Fsp3) is 0.333. The summed E-state index contributed by atoms with van der Waals surface area (Å²) in [6, 6.07) is 7.20. The molecule has 0 aliphatic rings. The molecule has 0 radical (unpaired) electrons. The Labute approximate surface area is 111 Å². The summed E-state index contributed by atoms with van der Waals surface area (Å²) in [7, 11) is 0. The molecule has 0 atom stereocenters. The van der Waals surface area contributed by atoms with E-state index in [1.807, 2.05) is 12.1 Å². The van der Waals surface area contributed by atoms with Crippen molar-refractivity contribution in [2.45, 2.75) is 33.1 Å². The van der Waals surface area contributed by atoms with Gasteiger partial charge in [-0.15, -0.1) is 0 Å². The fourth-order valence-corrected chi connectivity index (χ4v) is 2.16. The average molecular weight is 258 g/mol. The molecule has 0 aliphatic heterocycles. The molecule has 1 aromatic heterocycles. The van der Waals surface area contributed by atoms with E-state index in [1.165, 1.54) is 6.92 Å². The first kappa shape index (κ1) is 13.3. The molecule has 4 heteroatoms. The highest BCUT2D eigenvalue weighted by atomic mass is 16.1. The summed E-state index contributed by atoms with van der Waals surface area (Å²) in [4.78, 5) is 25.6. The van der Waals surface area contributed by atoms with Crippen molar-refractivity contribution in [3.8, 4) is 0 Å². The van der Waals surface area contributed by atoms with Gasteiger partial charge in [-0.1, -0.05) is 26.8 Å². The first-order valence-electron chi connectivity index (χ1n) is 6.22. The zero-order valence-corrected chi connectivity index (χ0v) is 11.6. The Morgan fingerprint density at radius 1 is 1.21 bits per heavy atom. The molecule has 2 aromatic rings. The number of hydrogen-bond donors (Lipinski definition) is 2. The zero-order chi connectivity index (χ0) is 14.2. The largest absolute Gasteiger partial charge is 0.326 e. The van der Waals surface area contributed by atoms with E-state index in [9.17, 15) is 9.59 Å². The molecule has 100 valence electrons. The van der Waals surface area contributed by atoms with Crippen LogP contribution in [0.5, 0.6) is 0 Å². The summed E-state index contributed by atoms with van der Waals surface area (Å²) in [6.45, 7) is 7.67. The third-order valence-electron chi connectivity index (χ3n) is 2.97. The summed E-state index contributed by atoms with van der Waals surface area (Å²) in [5, 5.41) is 3.71. The van der Waals surface area contributed by atoms with E-state index in [0.717, 1.165) is 16.5 Å². The van der Waals surface area contributed by atoms with Crippen LogP contribution in [-0.2, 0) is 10.2 Å². The molecule has 0 spiro atoms. The second-order valence-corrected chi connectivity index (χ2v) is 5.74. The van der Waals surface area contributed by atoms with Crippen molar-refractivity contribution in [3.05, 3.63) is 40.2 Å². The number of carbonyl (C=O) groups excluding carboxylic acids is 1. The Kier molecular flexibility index (Phi) is 3.18. The van der Waals surface area contributed by atoms with Gasteiger partial charge in [0.1, 0.15) is 0 Å². The summed E-state index contributed by atoms with van der Waals surface area (Å²) in [5.41, 5.74) is 2.19. The van der Waals surface area contributed by atoms with Gasteiger partial charge in [-0.2, -0.15) is 0 Å². The lowest BCUT2D eigenvalue weighted by molar-refractivity contribution is -0.114. The van der Waals surface area contributed by atoms with Crippen LogP contribution in [0, 0.1) is 0 Å². The van der Waals surface area contributed by atoms with E-state index in [0.29, 0.717) is 5.69 Å². The highest BCUT2D eigenvalue weighted by Crippen LogP contribution is 2.29. The van der Waals surface area contributed by atoms with Crippen LogP contribution in [0.1, 0.15) is 33.3 Å². The van der Waals surface area contributed by atoms with Gasteiger partial charge in [0, 0.05) is 24.1 Å². The van der Waals surface area contributed by atoms with E-state index in [1.54, 1.807) is 12.1 Å². The normalized spacial score (nSPS) is 11.6. The predicted molar refractivity (Wildman–Crippen MR) is 77.6 cm³/mol. The fourth-order valence-electron chi connectivity index (χ4n) is 2.16. The molecule has 0 fully saturated rings. The van der Waals surface area contributed by atoms with E-state index in [4.69, 9.17) is 0 Å². The second-order valence-electron chi connectivity index (χ2n) is 5.74. The SMILES string of the molecule is CC(=O)Nc1ccc2c(C(C)(C)C)cc(=O)[nH]c2c1. The smallest absolute Gasteiger partial charge is 0.248 e. The summed E-state index contributed by atoms with van der Waals surface area (Å²) >= 11 is 0. The minimum absolute atomic E-state index is 0.109. The van der Waals surface area contributed by atoms with Crippen molar-refractivity contribution in [2.24, 2.45) is 0 Å². The molecule has 2 N–H and O–H groups in total. The molecule has 0 unspecified atom stereocenters. The lowest BCUT2D eigenvalue weighted by atomic mass is 9.85. The maximum atomic E-state index is 11.7. The number of hydrogen-bond acceptors (Lipinski definition) is 2. The number of H-pyrrole nitrogens is 1. The lowest BCUT2D eigenvalue weighted by Crippen LogP contribution is -2.17. The number of amides is 1. The predicted octanol–water partition coefficient (Wildman–Crippen LogP) is 2.78. The second kappa shape index (κ2) is 4.53. The number of carbonyl (C=O) groups is 1. The quantitative estimate of drug-likeness (QED) is 0.826. The molecular formula is C15H18N2O2. The van der Waals surface area contributed by atoms with Crippen molar-refractivity contribution in [1.29, 1.82) is 0 Å². The Balaban J connectivity index is 2.68. The van der Waals surface area contributed by atoms with Crippen LogP contribution in [0.15, 0.2) is 29.1 Å². The number of aromatic amines is 1. The summed E-state index contributed by atoms with van der Waals surface area (Å²) < 4.78 is 0. The van der Waals surface area contributed by atoms with E-state index in [2.05, 4.69) is 31.1 Å². The van der Waals surface area contributed by atoms with Crippen molar-refractivity contribution >= 4 is 22.5 Å². The average Bonchev–Trinajstić information content (AvgIpc) is 2.25. The van der Waals surface area contributed by atoms with Gasteiger partial charge >= 0.3 is 0 Å². The lowest BCUT2D eigenvalue weighted by Gasteiger charge is -2.21. The van der Waals surface area contributed by atoms with E-state index >= 15 is 0 Å². The van der Waals surface area contributed by atoms with Gasteiger partial charge in [-0.05, 0) is 23.1 Å². The minimum atomic E-state index is -0.131. The first-order chi connectivity index (χ1) is 8.77. The third kappa shape index (κ3) is 2.84. The van der Waals surface area contributed by atoms with Crippen LogP contribution in [-0.4, -0.2) is 10.9 Å². The van der Waals surface area contributed by atoms with Gasteiger partial charge < -0.3 is 10.3 Å². The molecule has 0 aliphatic carbocycles. The van der Waals surface area contributed by atoms with Crippen molar-refractivity contribution in [3.63, 3.8) is 0 Å². The number of aromatic nitrogens is 1. The standard InChI is InChI=1S/C15H18N2O2/c1-9(18)16-10-5-6-11-12(15(2,3)4)8-14(19)17-13(11)7-10/h5-8H,1-4H3,(H,16,18)(H,17,19). The van der Waals surface area contributed by atoms with E-state index in [-0.39, 0.29) is 16.9 Å². The highest BCUT2D eigenvalue weighted by Gasteiger charge is 2.18. The Bertz CT molecular complexity index is 693. The third-order valence-corrected chi connectivity index (χ3v) is 2.97. The number of benzene rings is 1. The van der Waals surface area contributed by atoms with Gasteiger partial charge in [0.05, 0.1) is 5.52 Å². The van der Waals surface area contributed by atoms with Crippen LogP contribution in [0.25, 0.3) is 10.9 Å². The number of rotatable bonds is 1. The monoisotopic (exact) mass is 258 g/mol. The van der Waals surface area contributed by atoms with Crippen LogP contribution in [0.3, 0.4) is 0 Å². The van der Waals surface area contributed by atoms with Crippen molar-refractivity contribution in [1.82, 2.24) is 4.98 Å². The number of anilines is 1. The number of fused-ring (bicyclic) bond motifs is 1. The molecule has 4 nitrogen and oxygen atoms in total. The molecule has 19 heavy (non-hydrogen) atoms.